The molecule has 106 valence electrons. The van der Waals surface area contributed by atoms with Crippen molar-refractivity contribution in [1.29, 1.82) is 0 Å². The van der Waals surface area contributed by atoms with Crippen LogP contribution in [0.3, 0.4) is 0 Å². The second-order valence-corrected chi connectivity index (χ2v) is 5.59. The predicted octanol–water partition coefficient (Wildman–Crippen LogP) is 1.70. The number of aromatic nitrogens is 2. The Morgan fingerprint density at radius 2 is 2.26 bits per heavy atom. The van der Waals surface area contributed by atoms with Gasteiger partial charge >= 0.3 is 0 Å². The normalized spacial score (nSPS) is 19.3. The summed E-state index contributed by atoms with van der Waals surface area (Å²) in [5.41, 5.74) is 0. The zero-order valence-corrected chi connectivity index (χ0v) is 12.2. The third kappa shape index (κ3) is 3.70. The van der Waals surface area contributed by atoms with Gasteiger partial charge in [-0.2, -0.15) is 5.10 Å². The quantitative estimate of drug-likeness (QED) is 0.915. The molecular formula is C13H21ClN4O. The number of hydrogen-bond donors (Lipinski definition) is 1. The molecule has 0 spiro atoms. The Labute approximate surface area is 118 Å². The second-order valence-electron chi connectivity index (χ2n) is 5.15. The molecular weight excluding hydrogens is 264 g/mol. The van der Waals surface area contributed by atoms with Gasteiger partial charge in [0, 0.05) is 12.2 Å². The lowest BCUT2D eigenvalue weighted by atomic mass is 10.0. The van der Waals surface area contributed by atoms with Gasteiger partial charge in [0.1, 0.15) is 6.04 Å². The molecule has 19 heavy (non-hydrogen) atoms. The first-order chi connectivity index (χ1) is 9.10. The Morgan fingerprint density at radius 1 is 1.58 bits per heavy atom. The number of rotatable bonds is 4. The van der Waals surface area contributed by atoms with E-state index in [0.29, 0.717) is 11.4 Å². The number of carbonyl (C=O) groups is 1. The first-order valence-electron chi connectivity index (χ1n) is 6.78. The molecule has 0 bridgehead atoms. The first-order valence-corrected chi connectivity index (χ1v) is 7.16. The average molecular weight is 285 g/mol. The molecule has 6 heteroatoms. The fourth-order valence-electron chi connectivity index (χ4n) is 2.43. The van der Waals surface area contributed by atoms with Crippen LogP contribution in [-0.2, 0) is 4.79 Å². The van der Waals surface area contributed by atoms with Gasteiger partial charge in [0.05, 0.1) is 11.2 Å². The monoisotopic (exact) mass is 284 g/mol. The standard InChI is InChI=1S/C13H21ClN4O/c1-3-12(18-9-10(14)8-15-18)13(19)16-11-4-6-17(2)7-5-11/h8-9,11-12H,3-7H2,1-2H3,(H,16,19). The minimum atomic E-state index is -0.271. The average Bonchev–Trinajstić information content (AvgIpc) is 2.80. The van der Waals surface area contributed by atoms with Gasteiger partial charge in [-0.05, 0) is 39.4 Å². The lowest BCUT2D eigenvalue weighted by molar-refractivity contribution is -0.125. The minimum absolute atomic E-state index is 0.0387. The van der Waals surface area contributed by atoms with E-state index in [4.69, 9.17) is 11.6 Å². The van der Waals surface area contributed by atoms with E-state index in [9.17, 15) is 4.79 Å². The highest BCUT2D eigenvalue weighted by atomic mass is 35.5. The molecule has 1 aliphatic rings. The largest absolute Gasteiger partial charge is 0.351 e. The van der Waals surface area contributed by atoms with Gasteiger partial charge in [-0.1, -0.05) is 18.5 Å². The van der Waals surface area contributed by atoms with Gasteiger partial charge < -0.3 is 10.2 Å². The van der Waals surface area contributed by atoms with Crippen LogP contribution in [0.1, 0.15) is 32.2 Å². The molecule has 1 aliphatic heterocycles. The molecule has 2 rings (SSSR count). The number of carbonyl (C=O) groups excluding carboxylic acids is 1. The van der Waals surface area contributed by atoms with E-state index in [1.807, 2.05) is 6.92 Å². The minimum Gasteiger partial charge on any atom is -0.351 e. The van der Waals surface area contributed by atoms with Crippen LogP contribution in [0.2, 0.25) is 5.02 Å². The molecule has 1 aromatic rings. The summed E-state index contributed by atoms with van der Waals surface area (Å²) in [7, 11) is 2.11. The molecule has 0 aromatic carbocycles. The highest BCUT2D eigenvalue weighted by Crippen LogP contribution is 2.16. The maximum atomic E-state index is 12.3. The summed E-state index contributed by atoms with van der Waals surface area (Å²) in [6.07, 6.45) is 5.99. The maximum absolute atomic E-state index is 12.3. The van der Waals surface area contributed by atoms with E-state index < -0.39 is 0 Å². The molecule has 1 atom stereocenters. The summed E-state index contributed by atoms with van der Waals surface area (Å²) in [6, 6.07) is 0.0101. The van der Waals surface area contributed by atoms with Gasteiger partial charge in [-0.25, -0.2) is 0 Å². The number of likely N-dealkylation sites (tertiary alicyclic amines) is 1. The van der Waals surface area contributed by atoms with Crippen molar-refractivity contribution >= 4 is 17.5 Å². The molecule has 0 saturated carbocycles. The van der Waals surface area contributed by atoms with E-state index in [1.54, 1.807) is 17.1 Å². The summed E-state index contributed by atoms with van der Waals surface area (Å²) in [5.74, 6) is 0.0387. The van der Waals surface area contributed by atoms with Crippen LogP contribution in [0.15, 0.2) is 12.4 Å². The molecule has 1 fully saturated rings. The van der Waals surface area contributed by atoms with Crippen LogP contribution in [0.25, 0.3) is 0 Å². The summed E-state index contributed by atoms with van der Waals surface area (Å²) in [6.45, 7) is 4.05. The Kier molecular flexibility index (Phi) is 4.82. The molecule has 1 N–H and O–H groups in total. The van der Waals surface area contributed by atoms with Crippen LogP contribution < -0.4 is 5.32 Å². The van der Waals surface area contributed by atoms with E-state index >= 15 is 0 Å². The number of hydrogen-bond acceptors (Lipinski definition) is 3. The highest BCUT2D eigenvalue weighted by molar-refractivity contribution is 6.30. The Balaban J connectivity index is 1.94. The SMILES string of the molecule is CCC(C(=O)NC1CCN(C)CC1)n1cc(Cl)cn1. The summed E-state index contributed by atoms with van der Waals surface area (Å²) < 4.78 is 1.65. The molecule has 2 heterocycles. The number of nitrogens with one attached hydrogen (secondary N) is 1. The topological polar surface area (TPSA) is 50.2 Å². The predicted molar refractivity (Wildman–Crippen MR) is 75.2 cm³/mol. The lowest BCUT2D eigenvalue weighted by Crippen LogP contribution is -2.45. The number of amides is 1. The first kappa shape index (κ1) is 14.3. The molecule has 5 nitrogen and oxygen atoms in total. The van der Waals surface area contributed by atoms with E-state index in [1.165, 1.54) is 0 Å². The van der Waals surface area contributed by atoms with E-state index in [-0.39, 0.29) is 18.0 Å². The maximum Gasteiger partial charge on any atom is 0.245 e. The number of piperidine rings is 1. The number of nitrogens with zero attached hydrogens (tertiary/aromatic N) is 3. The molecule has 0 radical (unpaired) electrons. The van der Waals surface area contributed by atoms with Gasteiger partial charge in [-0.15, -0.1) is 0 Å². The van der Waals surface area contributed by atoms with Crippen molar-refractivity contribution in [2.75, 3.05) is 20.1 Å². The van der Waals surface area contributed by atoms with Crippen LogP contribution >= 0.6 is 11.6 Å². The second kappa shape index (κ2) is 6.39. The van der Waals surface area contributed by atoms with Crippen molar-refractivity contribution in [3.63, 3.8) is 0 Å². The summed E-state index contributed by atoms with van der Waals surface area (Å²) in [4.78, 5) is 14.6. The zero-order valence-electron chi connectivity index (χ0n) is 11.5. The van der Waals surface area contributed by atoms with Crippen molar-refractivity contribution in [2.45, 2.75) is 38.3 Å². The highest BCUT2D eigenvalue weighted by Gasteiger charge is 2.24. The fraction of sp³-hybridized carbons (Fsp3) is 0.692. The zero-order chi connectivity index (χ0) is 13.8. The van der Waals surface area contributed by atoms with Crippen molar-refractivity contribution < 1.29 is 4.79 Å². The molecule has 1 unspecified atom stereocenters. The van der Waals surface area contributed by atoms with Crippen molar-refractivity contribution in [3.05, 3.63) is 17.4 Å². The van der Waals surface area contributed by atoms with Crippen LogP contribution in [0.4, 0.5) is 0 Å². The fourth-order valence-corrected chi connectivity index (χ4v) is 2.57. The number of halogens is 1. The van der Waals surface area contributed by atoms with Crippen LogP contribution in [-0.4, -0.2) is 46.8 Å². The van der Waals surface area contributed by atoms with Crippen LogP contribution in [0, 0.1) is 0 Å². The van der Waals surface area contributed by atoms with Gasteiger partial charge in [0.25, 0.3) is 0 Å². The van der Waals surface area contributed by atoms with Gasteiger partial charge in [-0.3, -0.25) is 9.48 Å². The summed E-state index contributed by atoms with van der Waals surface area (Å²) in [5, 5.41) is 7.82. The van der Waals surface area contributed by atoms with Gasteiger partial charge in [0.15, 0.2) is 0 Å². The van der Waals surface area contributed by atoms with E-state index in [2.05, 4.69) is 22.4 Å². The smallest absolute Gasteiger partial charge is 0.245 e. The van der Waals surface area contributed by atoms with Crippen molar-refractivity contribution in [3.8, 4) is 0 Å². The third-order valence-electron chi connectivity index (χ3n) is 3.64. The molecule has 1 aromatic heterocycles. The Morgan fingerprint density at radius 3 is 2.79 bits per heavy atom. The third-order valence-corrected chi connectivity index (χ3v) is 3.84. The molecule has 1 amide bonds. The molecule has 1 saturated heterocycles. The molecule has 0 aliphatic carbocycles. The summed E-state index contributed by atoms with van der Waals surface area (Å²) >= 11 is 5.85. The van der Waals surface area contributed by atoms with Crippen molar-refractivity contribution in [2.24, 2.45) is 0 Å². The lowest BCUT2D eigenvalue weighted by Gasteiger charge is -2.30. The van der Waals surface area contributed by atoms with E-state index in [0.717, 1.165) is 25.9 Å². The Bertz CT molecular complexity index is 426. The van der Waals surface area contributed by atoms with Crippen molar-refractivity contribution in [1.82, 2.24) is 20.0 Å². The Hall–Kier alpha value is -1.07. The van der Waals surface area contributed by atoms with Gasteiger partial charge in [0.2, 0.25) is 5.91 Å². The van der Waals surface area contributed by atoms with Crippen LogP contribution in [0.5, 0.6) is 0 Å².